The number of rotatable bonds is 3. The maximum absolute atomic E-state index is 11.6. The third kappa shape index (κ3) is 3.68. The molecule has 1 heterocycles. The van der Waals surface area contributed by atoms with Crippen LogP contribution in [0, 0.1) is 16.7 Å². The molecule has 1 aromatic rings. The van der Waals surface area contributed by atoms with E-state index in [9.17, 15) is 9.59 Å². The predicted molar refractivity (Wildman–Crippen MR) is 65.8 cm³/mol. The second kappa shape index (κ2) is 5.11. The first kappa shape index (κ1) is 13.4. The lowest BCUT2D eigenvalue weighted by molar-refractivity contribution is -0.125. The van der Waals surface area contributed by atoms with E-state index in [2.05, 4.69) is 5.32 Å². The fourth-order valence-corrected chi connectivity index (χ4v) is 1.78. The van der Waals surface area contributed by atoms with E-state index in [0.29, 0.717) is 10.4 Å². The summed E-state index contributed by atoms with van der Waals surface area (Å²) in [5, 5.41) is 12.8. The molecular formula is C12H14N2O2S. The van der Waals surface area contributed by atoms with Gasteiger partial charge >= 0.3 is 0 Å². The van der Waals surface area contributed by atoms with Crippen LogP contribution in [0.25, 0.3) is 0 Å². The maximum atomic E-state index is 11.6. The van der Waals surface area contributed by atoms with Crippen molar-refractivity contribution in [3.63, 3.8) is 0 Å². The van der Waals surface area contributed by atoms with Gasteiger partial charge in [-0.05, 0) is 6.07 Å². The molecule has 4 nitrogen and oxygen atoms in total. The van der Waals surface area contributed by atoms with E-state index >= 15 is 0 Å². The lowest BCUT2D eigenvalue weighted by Gasteiger charge is -2.16. The van der Waals surface area contributed by atoms with Gasteiger partial charge in [-0.1, -0.05) is 20.8 Å². The Morgan fingerprint density at radius 1 is 1.47 bits per heavy atom. The molecule has 0 atom stereocenters. The summed E-state index contributed by atoms with van der Waals surface area (Å²) >= 11 is 1.20. The Bertz CT molecular complexity index is 477. The number of hydrogen-bond acceptors (Lipinski definition) is 4. The molecule has 1 aromatic heterocycles. The minimum atomic E-state index is -0.458. The Kier molecular flexibility index (Phi) is 4.02. The molecule has 0 saturated heterocycles. The van der Waals surface area contributed by atoms with Crippen molar-refractivity contribution >= 4 is 23.0 Å². The summed E-state index contributed by atoms with van der Waals surface area (Å²) in [5.74, 6) is -0.336. The SMILES string of the molecule is CC(C)(C)C(=O)CNC(=O)c1cc(C#N)cs1. The molecule has 1 N–H and O–H groups in total. The number of carbonyl (C=O) groups is 2. The van der Waals surface area contributed by atoms with Gasteiger partial charge in [-0.25, -0.2) is 0 Å². The third-order valence-corrected chi connectivity index (χ3v) is 3.13. The van der Waals surface area contributed by atoms with E-state index in [1.165, 1.54) is 17.4 Å². The monoisotopic (exact) mass is 250 g/mol. The highest BCUT2D eigenvalue weighted by Crippen LogP contribution is 2.15. The van der Waals surface area contributed by atoms with Gasteiger partial charge in [0.25, 0.3) is 5.91 Å². The van der Waals surface area contributed by atoms with Crippen molar-refractivity contribution in [2.75, 3.05) is 6.54 Å². The Morgan fingerprint density at radius 2 is 2.12 bits per heavy atom. The van der Waals surface area contributed by atoms with Gasteiger partial charge in [-0.15, -0.1) is 11.3 Å². The standard InChI is InChI=1S/C12H14N2O2S/c1-12(2,3)10(15)6-14-11(16)9-4-8(5-13)7-17-9/h4,7H,6H2,1-3H3,(H,14,16). The first-order valence-electron chi connectivity index (χ1n) is 5.14. The summed E-state index contributed by atoms with van der Waals surface area (Å²) in [6, 6.07) is 3.47. The molecule has 0 unspecified atom stereocenters. The van der Waals surface area contributed by atoms with E-state index in [1.807, 2.05) is 6.07 Å². The van der Waals surface area contributed by atoms with Crippen LogP contribution < -0.4 is 5.32 Å². The summed E-state index contributed by atoms with van der Waals surface area (Å²) in [7, 11) is 0. The lowest BCUT2D eigenvalue weighted by atomic mass is 9.91. The van der Waals surface area contributed by atoms with E-state index in [-0.39, 0.29) is 18.2 Å². The summed E-state index contributed by atoms with van der Waals surface area (Å²) < 4.78 is 0. The molecule has 0 aromatic carbocycles. The van der Waals surface area contributed by atoms with Crippen LogP contribution in [0.15, 0.2) is 11.4 Å². The summed E-state index contributed by atoms with van der Waals surface area (Å²) in [4.78, 5) is 23.7. The van der Waals surface area contributed by atoms with E-state index in [1.54, 1.807) is 26.2 Å². The molecular weight excluding hydrogens is 236 g/mol. The highest BCUT2D eigenvalue weighted by Gasteiger charge is 2.21. The smallest absolute Gasteiger partial charge is 0.261 e. The van der Waals surface area contributed by atoms with Gasteiger partial charge in [-0.2, -0.15) is 5.26 Å². The number of nitriles is 1. The molecule has 0 fully saturated rings. The minimum Gasteiger partial charge on any atom is -0.344 e. The molecule has 0 aliphatic carbocycles. The average Bonchev–Trinajstić information content (AvgIpc) is 2.72. The molecule has 0 saturated carbocycles. The molecule has 0 aliphatic heterocycles. The van der Waals surface area contributed by atoms with Crippen molar-refractivity contribution < 1.29 is 9.59 Å². The third-order valence-electron chi connectivity index (χ3n) is 2.20. The zero-order valence-corrected chi connectivity index (χ0v) is 10.9. The molecule has 5 heteroatoms. The lowest BCUT2D eigenvalue weighted by Crippen LogP contribution is -2.35. The average molecular weight is 250 g/mol. The number of nitrogens with zero attached hydrogens (tertiary/aromatic N) is 1. The Hall–Kier alpha value is -1.67. The van der Waals surface area contributed by atoms with Crippen LogP contribution in [0.3, 0.4) is 0 Å². The van der Waals surface area contributed by atoms with Crippen LogP contribution >= 0.6 is 11.3 Å². The van der Waals surface area contributed by atoms with Crippen molar-refractivity contribution in [3.8, 4) is 6.07 Å². The number of amides is 1. The van der Waals surface area contributed by atoms with Gasteiger partial charge in [0.15, 0.2) is 5.78 Å². The number of nitrogens with one attached hydrogen (secondary N) is 1. The zero-order chi connectivity index (χ0) is 13.1. The Labute approximate surface area is 104 Å². The predicted octanol–water partition coefficient (Wildman–Crippen LogP) is 1.96. The van der Waals surface area contributed by atoms with Crippen molar-refractivity contribution in [2.45, 2.75) is 20.8 Å². The van der Waals surface area contributed by atoms with Crippen molar-refractivity contribution in [1.29, 1.82) is 5.26 Å². The highest BCUT2D eigenvalue weighted by atomic mass is 32.1. The van der Waals surface area contributed by atoms with Gasteiger partial charge in [0.2, 0.25) is 0 Å². The van der Waals surface area contributed by atoms with Gasteiger partial charge < -0.3 is 5.32 Å². The van der Waals surface area contributed by atoms with Crippen molar-refractivity contribution in [3.05, 3.63) is 21.9 Å². The summed E-state index contributed by atoms with van der Waals surface area (Å²) in [6.07, 6.45) is 0. The molecule has 17 heavy (non-hydrogen) atoms. The van der Waals surface area contributed by atoms with Crippen LogP contribution in [-0.2, 0) is 4.79 Å². The number of Topliss-reactive ketones (excluding diaryl/α,β-unsaturated/α-hetero) is 1. The second-order valence-electron chi connectivity index (χ2n) is 4.67. The van der Waals surface area contributed by atoms with Crippen LogP contribution in [-0.4, -0.2) is 18.2 Å². The largest absolute Gasteiger partial charge is 0.344 e. The highest BCUT2D eigenvalue weighted by molar-refractivity contribution is 7.12. The fraction of sp³-hybridized carbons (Fsp3) is 0.417. The second-order valence-corrected chi connectivity index (χ2v) is 5.58. The molecule has 0 radical (unpaired) electrons. The molecule has 0 bridgehead atoms. The molecule has 1 amide bonds. The number of carbonyl (C=O) groups excluding carboxylic acids is 2. The number of thiophene rings is 1. The van der Waals surface area contributed by atoms with E-state index < -0.39 is 5.41 Å². The minimum absolute atomic E-state index is 0.0160. The van der Waals surface area contributed by atoms with Gasteiger partial charge in [0, 0.05) is 10.8 Å². The maximum Gasteiger partial charge on any atom is 0.261 e. The van der Waals surface area contributed by atoms with Crippen LogP contribution in [0.1, 0.15) is 36.0 Å². The summed E-state index contributed by atoms with van der Waals surface area (Å²) in [6.45, 7) is 5.43. The first-order valence-corrected chi connectivity index (χ1v) is 6.02. The Balaban J connectivity index is 2.57. The van der Waals surface area contributed by atoms with E-state index in [4.69, 9.17) is 5.26 Å². The van der Waals surface area contributed by atoms with Crippen molar-refractivity contribution in [2.24, 2.45) is 5.41 Å². The zero-order valence-electron chi connectivity index (χ0n) is 10.0. The van der Waals surface area contributed by atoms with Crippen LogP contribution in [0.5, 0.6) is 0 Å². The summed E-state index contributed by atoms with van der Waals surface area (Å²) in [5.41, 5.74) is 0.00267. The van der Waals surface area contributed by atoms with Gasteiger partial charge in [-0.3, -0.25) is 9.59 Å². The molecule has 0 spiro atoms. The normalized spacial score (nSPS) is 10.7. The topological polar surface area (TPSA) is 70.0 Å². The first-order chi connectivity index (χ1) is 7.84. The molecule has 0 aliphatic rings. The number of hydrogen-bond donors (Lipinski definition) is 1. The fourth-order valence-electron chi connectivity index (χ4n) is 1.03. The quantitative estimate of drug-likeness (QED) is 0.891. The molecule has 1 rings (SSSR count). The molecule has 90 valence electrons. The Morgan fingerprint density at radius 3 is 2.59 bits per heavy atom. The van der Waals surface area contributed by atoms with Gasteiger partial charge in [0.1, 0.15) is 6.07 Å². The van der Waals surface area contributed by atoms with Crippen molar-refractivity contribution in [1.82, 2.24) is 5.32 Å². The number of ketones is 1. The van der Waals surface area contributed by atoms with Gasteiger partial charge in [0.05, 0.1) is 17.0 Å². The van der Waals surface area contributed by atoms with E-state index in [0.717, 1.165) is 0 Å². The van der Waals surface area contributed by atoms with Crippen LogP contribution in [0.2, 0.25) is 0 Å². The van der Waals surface area contributed by atoms with Crippen LogP contribution in [0.4, 0.5) is 0 Å².